The molecule has 2 N–H and O–H groups in total. The highest BCUT2D eigenvalue weighted by molar-refractivity contribution is 5.46. The second-order valence-electron chi connectivity index (χ2n) is 4.28. The minimum Gasteiger partial charge on any atom is -0.388 e. The quantitative estimate of drug-likeness (QED) is 0.795. The van der Waals surface area contributed by atoms with Crippen LogP contribution in [0.25, 0.3) is 0 Å². The summed E-state index contributed by atoms with van der Waals surface area (Å²) in [5.41, 5.74) is 2.03. The molecule has 1 aromatic rings. The van der Waals surface area contributed by atoms with Gasteiger partial charge in [-0.2, -0.15) is 0 Å². The first-order valence-corrected chi connectivity index (χ1v) is 5.62. The Hall–Kier alpha value is -1.09. The fourth-order valence-electron chi connectivity index (χ4n) is 1.59. The molecule has 2 rings (SSSR count). The molecule has 1 heterocycles. The van der Waals surface area contributed by atoms with Crippen molar-refractivity contribution in [2.45, 2.75) is 45.3 Å². The molecule has 3 heteroatoms. The lowest BCUT2D eigenvalue weighted by Gasteiger charge is -2.12. The van der Waals surface area contributed by atoms with Crippen LogP contribution in [0.15, 0.2) is 12.3 Å². The number of aromatic nitrogens is 1. The minimum atomic E-state index is -0.383. The Morgan fingerprint density at radius 2 is 2.33 bits per heavy atom. The molecule has 1 aliphatic rings. The number of aliphatic hydroxyl groups excluding tert-OH is 1. The number of aryl methyl sites for hydroxylation is 1. The topological polar surface area (TPSA) is 45.2 Å². The molecule has 0 saturated heterocycles. The lowest BCUT2D eigenvalue weighted by atomic mass is 10.1. The van der Waals surface area contributed by atoms with Crippen LogP contribution >= 0.6 is 0 Å². The third kappa shape index (κ3) is 2.48. The molecular weight excluding hydrogens is 188 g/mol. The number of aliphatic hydroxyl groups is 1. The van der Waals surface area contributed by atoms with Crippen LogP contribution < -0.4 is 5.32 Å². The molecule has 0 unspecified atom stereocenters. The summed E-state index contributed by atoms with van der Waals surface area (Å²) in [6.45, 7) is 4.00. The molecule has 82 valence electrons. The van der Waals surface area contributed by atoms with Gasteiger partial charge in [0.2, 0.25) is 0 Å². The van der Waals surface area contributed by atoms with Crippen LogP contribution in [0.4, 0.5) is 5.82 Å². The molecule has 1 atom stereocenters. The predicted molar refractivity (Wildman–Crippen MR) is 60.9 cm³/mol. The summed E-state index contributed by atoms with van der Waals surface area (Å²) in [6.07, 6.45) is 4.62. The van der Waals surface area contributed by atoms with Gasteiger partial charge in [-0.1, -0.05) is 6.92 Å². The second-order valence-corrected chi connectivity index (χ2v) is 4.28. The van der Waals surface area contributed by atoms with E-state index in [0.717, 1.165) is 23.4 Å². The first-order chi connectivity index (χ1) is 7.20. The van der Waals surface area contributed by atoms with Gasteiger partial charge in [0, 0.05) is 12.2 Å². The van der Waals surface area contributed by atoms with Crippen molar-refractivity contribution >= 4 is 5.82 Å². The Kier molecular flexibility index (Phi) is 2.91. The molecule has 1 saturated carbocycles. The maximum Gasteiger partial charge on any atom is 0.129 e. The molecule has 0 spiro atoms. The summed E-state index contributed by atoms with van der Waals surface area (Å²) in [4.78, 5) is 4.36. The zero-order valence-corrected chi connectivity index (χ0v) is 9.33. The van der Waals surface area contributed by atoms with Gasteiger partial charge in [-0.3, -0.25) is 0 Å². The van der Waals surface area contributed by atoms with Gasteiger partial charge in [-0.25, -0.2) is 4.98 Å². The number of nitrogens with one attached hydrogen (secondary N) is 1. The number of pyridine rings is 1. The summed E-state index contributed by atoms with van der Waals surface area (Å²) in [5, 5.41) is 13.1. The van der Waals surface area contributed by atoms with Gasteiger partial charge in [-0.05, 0) is 43.4 Å². The number of nitrogens with zero attached hydrogens (tertiary/aromatic N) is 1. The van der Waals surface area contributed by atoms with Gasteiger partial charge in [-0.15, -0.1) is 0 Å². The van der Waals surface area contributed by atoms with E-state index in [1.807, 2.05) is 19.9 Å². The van der Waals surface area contributed by atoms with Crippen molar-refractivity contribution in [2.24, 2.45) is 0 Å². The molecule has 0 aromatic carbocycles. The smallest absolute Gasteiger partial charge is 0.129 e. The monoisotopic (exact) mass is 206 g/mol. The van der Waals surface area contributed by atoms with Crippen LogP contribution in [-0.2, 0) is 0 Å². The van der Waals surface area contributed by atoms with Gasteiger partial charge in [0.1, 0.15) is 5.82 Å². The molecule has 0 aliphatic heterocycles. The van der Waals surface area contributed by atoms with Crippen molar-refractivity contribution in [3.05, 3.63) is 23.4 Å². The van der Waals surface area contributed by atoms with Crippen LogP contribution in [0.5, 0.6) is 0 Å². The average molecular weight is 206 g/mol. The van der Waals surface area contributed by atoms with Crippen molar-refractivity contribution < 1.29 is 5.11 Å². The van der Waals surface area contributed by atoms with Crippen LogP contribution in [0.2, 0.25) is 0 Å². The Bertz CT molecular complexity index is 347. The number of anilines is 1. The van der Waals surface area contributed by atoms with Crippen molar-refractivity contribution in [2.75, 3.05) is 5.32 Å². The van der Waals surface area contributed by atoms with Crippen molar-refractivity contribution in [3.8, 4) is 0 Å². The molecular formula is C12H18N2O. The molecule has 0 radical (unpaired) electrons. The third-order valence-electron chi connectivity index (χ3n) is 2.79. The zero-order valence-electron chi connectivity index (χ0n) is 9.33. The number of hydrogen-bond donors (Lipinski definition) is 2. The van der Waals surface area contributed by atoms with Gasteiger partial charge in [0.05, 0.1) is 6.10 Å². The molecule has 1 aliphatic carbocycles. The third-order valence-corrected chi connectivity index (χ3v) is 2.79. The Morgan fingerprint density at radius 3 is 2.87 bits per heavy atom. The minimum absolute atomic E-state index is 0.383. The molecule has 3 nitrogen and oxygen atoms in total. The maximum absolute atomic E-state index is 9.68. The first kappa shape index (κ1) is 10.4. The van der Waals surface area contributed by atoms with E-state index in [4.69, 9.17) is 0 Å². The first-order valence-electron chi connectivity index (χ1n) is 5.62. The second kappa shape index (κ2) is 4.19. The molecule has 0 bridgehead atoms. The molecule has 15 heavy (non-hydrogen) atoms. The van der Waals surface area contributed by atoms with E-state index in [1.165, 1.54) is 12.8 Å². The van der Waals surface area contributed by atoms with Gasteiger partial charge in [0.15, 0.2) is 0 Å². The highest BCUT2D eigenvalue weighted by Gasteiger charge is 2.22. The summed E-state index contributed by atoms with van der Waals surface area (Å²) < 4.78 is 0. The SMILES string of the molecule is CC[C@@H](O)c1cnc(NC2CC2)c(C)c1. The fraction of sp³-hybridized carbons (Fsp3) is 0.583. The summed E-state index contributed by atoms with van der Waals surface area (Å²) in [6, 6.07) is 2.64. The van der Waals surface area contributed by atoms with Crippen molar-refractivity contribution in [3.63, 3.8) is 0 Å². The lowest BCUT2D eigenvalue weighted by Crippen LogP contribution is -2.06. The van der Waals surface area contributed by atoms with Crippen LogP contribution in [-0.4, -0.2) is 16.1 Å². The Morgan fingerprint density at radius 1 is 1.60 bits per heavy atom. The van der Waals surface area contributed by atoms with Crippen LogP contribution in [0.3, 0.4) is 0 Å². The summed E-state index contributed by atoms with van der Waals surface area (Å²) in [5.74, 6) is 0.963. The average Bonchev–Trinajstić information content (AvgIpc) is 3.04. The largest absolute Gasteiger partial charge is 0.388 e. The van der Waals surface area contributed by atoms with E-state index in [2.05, 4.69) is 10.3 Å². The van der Waals surface area contributed by atoms with E-state index >= 15 is 0 Å². The normalized spacial score (nSPS) is 17.5. The van der Waals surface area contributed by atoms with Gasteiger partial charge >= 0.3 is 0 Å². The maximum atomic E-state index is 9.68. The van der Waals surface area contributed by atoms with Crippen molar-refractivity contribution in [1.82, 2.24) is 4.98 Å². The van der Waals surface area contributed by atoms with Crippen LogP contribution in [0.1, 0.15) is 43.4 Å². The molecule has 0 amide bonds. The van der Waals surface area contributed by atoms with Crippen LogP contribution in [0, 0.1) is 6.92 Å². The summed E-state index contributed by atoms with van der Waals surface area (Å²) in [7, 11) is 0. The van der Waals surface area contributed by atoms with Crippen molar-refractivity contribution in [1.29, 1.82) is 0 Å². The Labute approximate surface area is 90.5 Å². The Balaban J connectivity index is 2.13. The number of hydrogen-bond acceptors (Lipinski definition) is 3. The highest BCUT2D eigenvalue weighted by Crippen LogP contribution is 2.26. The van der Waals surface area contributed by atoms with Gasteiger partial charge in [0.25, 0.3) is 0 Å². The predicted octanol–water partition coefficient (Wildman–Crippen LogP) is 2.41. The molecule has 1 fully saturated rings. The zero-order chi connectivity index (χ0) is 10.8. The highest BCUT2D eigenvalue weighted by atomic mass is 16.3. The van der Waals surface area contributed by atoms with E-state index in [9.17, 15) is 5.11 Å². The lowest BCUT2D eigenvalue weighted by molar-refractivity contribution is 0.173. The van der Waals surface area contributed by atoms with E-state index in [0.29, 0.717) is 6.04 Å². The molecule has 1 aromatic heterocycles. The standard InChI is InChI=1S/C12H18N2O/c1-3-11(15)9-6-8(2)12(13-7-9)14-10-4-5-10/h6-7,10-11,15H,3-5H2,1-2H3,(H,13,14)/t11-/m1/s1. The van der Waals surface area contributed by atoms with E-state index in [1.54, 1.807) is 6.20 Å². The fourth-order valence-corrected chi connectivity index (χ4v) is 1.59. The van der Waals surface area contributed by atoms with E-state index < -0.39 is 0 Å². The number of rotatable bonds is 4. The summed E-state index contributed by atoms with van der Waals surface area (Å²) >= 11 is 0. The van der Waals surface area contributed by atoms with E-state index in [-0.39, 0.29) is 6.10 Å². The van der Waals surface area contributed by atoms with Gasteiger partial charge < -0.3 is 10.4 Å².